The fraction of sp³-hybridized carbons (Fsp3) is 0.150. The summed E-state index contributed by atoms with van der Waals surface area (Å²) in [5.74, 6) is 1.07. The van der Waals surface area contributed by atoms with E-state index < -0.39 is 0 Å². The molecule has 8 heteroatoms. The van der Waals surface area contributed by atoms with Gasteiger partial charge in [0.05, 0.1) is 19.9 Å². The normalized spacial score (nSPS) is 11.7. The van der Waals surface area contributed by atoms with Gasteiger partial charge in [0.25, 0.3) is 5.56 Å². The zero-order valence-electron chi connectivity index (χ0n) is 15.2. The summed E-state index contributed by atoms with van der Waals surface area (Å²) in [6.45, 7) is 1.59. The van der Waals surface area contributed by atoms with Gasteiger partial charge in [0.15, 0.2) is 0 Å². The van der Waals surface area contributed by atoms with Crippen LogP contribution in [0, 0.1) is 6.92 Å². The lowest BCUT2D eigenvalue weighted by Gasteiger charge is -2.07. The van der Waals surface area contributed by atoms with E-state index in [2.05, 4.69) is 31.0 Å². The molecule has 0 amide bonds. The van der Waals surface area contributed by atoms with Gasteiger partial charge in [-0.15, -0.1) is 0 Å². The second-order valence-electron chi connectivity index (χ2n) is 6.29. The monoisotopic (exact) mass is 440 g/mol. The van der Waals surface area contributed by atoms with Crippen molar-refractivity contribution in [2.45, 2.75) is 13.5 Å². The minimum Gasteiger partial charge on any atom is -0.496 e. The Morgan fingerprint density at radius 3 is 2.89 bits per heavy atom. The Morgan fingerprint density at radius 2 is 2.14 bits per heavy atom. The van der Waals surface area contributed by atoms with E-state index >= 15 is 0 Å². The van der Waals surface area contributed by atoms with Crippen LogP contribution in [0.5, 0.6) is 5.75 Å². The number of nitrogens with one attached hydrogen (secondary N) is 1. The van der Waals surface area contributed by atoms with Crippen molar-refractivity contribution in [2.75, 3.05) is 7.11 Å². The summed E-state index contributed by atoms with van der Waals surface area (Å²) in [5, 5.41) is 14.6. The number of aromatic amines is 1. The molecule has 0 spiro atoms. The minimum atomic E-state index is -0.276. The van der Waals surface area contributed by atoms with Crippen LogP contribution in [0.2, 0.25) is 0 Å². The predicted octanol–water partition coefficient (Wildman–Crippen LogP) is 3.33. The molecule has 28 heavy (non-hydrogen) atoms. The molecule has 2 aromatic carbocycles. The summed E-state index contributed by atoms with van der Waals surface area (Å²) in [7, 11) is 1.55. The molecule has 0 atom stereocenters. The smallest absolute Gasteiger partial charge is 0.298 e. The van der Waals surface area contributed by atoms with Crippen LogP contribution in [0.3, 0.4) is 0 Å². The number of halogens is 1. The number of hydrogen-bond acceptors (Lipinski definition) is 5. The molecular weight excluding hydrogens is 424 g/mol. The van der Waals surface area contributed by atoms with Crippen molar-refractivity contribution in [3.8, 4) is 5.75 Å². The summed E-state index contributed by atoms with van der Waals surface area (Å²) in [6.07, 6.45) is 1.56. The van der Waals surface area contributed by atoms with Gasteiger partial charge in [0, 0.05) is 20.9 Å². The average molecular weight is 441 g/mol. The predicted molar refractivity (Wildman–Crippen MR) is 112 cm³/mol. The molecule has 0 aliphatic carbocycles. The van der Waals surface area contributed by atoms with Gasteiger partial charge in [-0.25, -0.2) is 4.98 Å². The third-order valence-electron chi connectivity index (χ3n) is 4.52. The van der Waals surface area contributed by atoms with Crippen LogP contribution in [-0.2, 0) is 6.61 Å². The SMILES string of the molecule is COc1ccc(/C=N/n2c(C)nc3c([nH]c4ccc(Br)cc43)c2=O)cc1CO. The summed E-state index contributed by atoms with van der Waals surface area (Å²) in [6, 6.07) is 11.0. The number of rotatable bonds is 4. The van der Waals surface area contributed by atoms with Crippen molar-refractivity contribution in [2.24, 2.45) is 5.10 Å². The average Bonchev–Trinajstić information content (AvgIpc) is 3.05. The van der Waals surface area contributed by atoms with Crippen molar-refractivity contribution in [1.29, 1.82) is 0 Å². The number of nitrogens with zero attached hydrogens (tertiary/aromatic N) is 3. The number of fused-ring (bicyclic) bond motifs is 3. The van der Waals surface area contributed by atoms with Crippen LogP contribution in [0.15, 0.2) is 50.8 Å². The van der Waals surface area contributed by atoms with Crippen LogP contribution in [0.25, 0.3) is 21.9 Å². The minimum absolute atomic E-state index is 0.151. The number of aromatic nitrogens is 3. The van der Waals surface area contributed by atoms with Crippen LogP contribution < -0.4 is 10.3 Å². The molecule has 0 aliphatic rings. The van der Waals surface area contributed by atoms with E-state index in [0.29, 0.717) is 28.2 Å². The molecule has 4 rings (SSSR count). The van der Waals surface area contributed by atoms with Crippen molar-refractivity contribution >= 4 is 44.1 Å². The number of aryl methyl sites for hydroxylation is 1. The standard InChI is InChI=1S/C20H17BrN4O3/c1-11-23-18-15-8-14(21)4-5-16(15)24-19(18)20(27)25(11)22-9-12-3-6-17(28-2)13(7-12)10-26/h3-9,24,26H,10H2,1-2H3/b22-9+. The molecule has 0 bridgehead atoms. The van der Waals surface area contributed by atoms with E-state index in [9.17, 15) is 9.90 Å². The van der Waals surface area contributed by atoms with Crippen molar-refractivity contribution in [3.05, 3.63) is 68.2 Å². The molecule has 0 saturated carbocycles. The van der Waals surface area contributed by atoms with Gasteiger partial charge in [-0.05, 0) is 48.9 Å². The molecule has 2 N–H and O–H groups in total. The second-order valence-corrected chi connectivity index (χ2v) is 7.20. The number of H-pyrrole nitrogens is 1. The molecule has 0 aliphatic heterocycles. The molecule has 142 valence electrons. The Hall–Kier alpha value is -2.97. The lowest BCUT2D eigenvalue weighted by Crippen LogP contribution is -2.20. The Labute approximate surface area is 168 Å². The molecule has 7 nitrogen and oxygen atoms in total. The molecule has 2 aromatic heterocycles. The molecular formula is C20H17BrN4O3. The van der Waals surface area contributed by atoms with Crippen molar-refractivity contribution in [3.63, 3.8) is 0 Å². The van der Waals surface area contributed by atoms with Gasteiger partial charge in [-0.1, -0.05) is 15.9 Å². The zero-order valence-corrected chi connectivity index (χ0v) is 16.8. The fourth-order valence-corrected chi connectivity index (χ4v) is 3.51. The van der Waals surface area contributed by atoms with E-state index in [1.165, 1.54) is 4.68 Å². The number of ether oxygens (including phenoxy) is 1. The van der Waals surface area contributed by atoms with Crippen LogP contribution >= 0.6 is 15.9 Å². The number of aliphatic hydroxyl groups excluding tert-OH is 1. The topological polar surface area (TPSA) is 92.5 Å². The molecule has 0 radical (unpaired) electrons. The number of hydrogen-bond donors (Lipinski definition) is 2. The maximum atomic E-state index is 13.0. The Balaban J connectivity index is 1.82. The highest BCUT2D eigenvalue weighted by molar-refractivity contribution is 9.10. The van der Waals surface area contributed by atoms with Crippen LogP contribution in [0.4, 0.5) is 0 Å². The van der Waals surface area contributed by atoms with E-state index in [1.807, 2.05) is 18.2 Å². The lowest BCUT2D eigenvalue weighted by molar-refractivity contribution is 0.274. The first-order chi connectivity index (χ1) is 13.5. The first kappa shape index (κ1) is 18.4. The van der Waals surface area contributed by atoms with Gasteiger partial charge in [0.2, 0.25) is 0 Å². The van der Waals surface area contributed by atoms with Crippen LogP contribution in [0.1, 0.15) is 17.0 Å². The first-order valence-corrected chi connectivity index (χ1v) is 9.34. The third-order valence-corrected chi connectivity index (χ3v) is 5.01. The van der Waals surface area contributed by atoms with Gasteiger partial charge in [-0.3, -0.25) is 4.79 Å². The quantitative estimate of drug-likeness (QED) is 0.476. The highest BCUT2D eigenvalue weighted by atomic mass is 79.9. The maximum absolute atomic E-state index is 13.0. The summed E-state index contributed by atoms with van der Waals surface area (Å²) in [4.78, 5) is 20.7. The van der Waals surface area contributed by atoms with Crippen LogP contribution in [-0.4, -0.2) is 33.1 Å². The van der Waals surface area contributed by atoms with E-state index in [0.717, 1.165) is 20.9 Å². The number of methoxy groups -OCH3 is 1. The zero-order chi connectivity index (χ0) is 19.8. The van der Waals surface area contributed by atoms with Crippen molar-refractivity contribution in [1.82, 2.24) is 14.6 Å². The first-order valence-electron chi connectivity index (χ1n) is 8.54. The number of aliphatic hydroxyl groups is 1. The Morgan fingerprint density at radius 1 is 1.32 bits per heavy atom. The molecule has 0 fully saturated rings. The Kier molecular flexibility index (Phi) is 4.74. The van der Waals surface area contributed by atoms with Gasteiger partial charge in [0.1, 0.15) is 22.6 Å². The molecule has 2 heterocycles. The van der Waals surface area contributed by atoms with E-state index in [1.54, 1.807) is 38.4 Å². The fourth-order valence-electron chi connectivity index (χ4n) is 3.15. The third kappa shape index (κ3) is 3.10. The second kappa shape index (κ2) is 7.21. The van der Waals surface area contributed by atoms with E-state index in [-0.39, 0.29) is 12.2 Å². The summed E-state index contributed by atoms with van der Waals surface area (Å²) >= 11 is 3.45. The van der Waals surface area contributed by atoms with Gasteiger partial charge < -0.3 is 14.8 Å². The van der Waals surface area contributed by atoms with Gasteiger partial charge >= 0.3 is 0 Å². The largest absolute Gasteiger partial charge is 0.496 e. The van der Waals surface area contributed by atoms with Gasteiger partial charge in [-0.2, -0.15) is 9.78 Å². The maximum Gasteiger partial charge on any atom is 0.298 e. The molecule has 4 aromatic rings. The highest BCUT2D eigenvalue weighted by Crippen LogP contribution is 2.25. The lowest BCUT2D eigenvalue weighted by atomic mass is 10.1. The van der Waals surface area contributed by atoms with Crippen molar-refractivity contribution < 1.29 is 9.84 Å². The highest BCUT2D eigenvalue weighted by Gasteiger charge is 2.13. The summed E-state index contributed by atoms with van der Waals surface area (Å²) in [5.41, 5.74) is 2.97. The Bertz CT molecular complexity index is 1290. The summed E-state index contributed by atoms with van der Waals surface area (Å²) < 4.78 is 7.38. The molecule has 0 unspecified atom stereocenters. The van der Waals surface area contributed by atoms with E-state index in [4.69, 9.17) is 4.74 Å². The number of benzene rings is 2. The molecule has 0 saturated heterocycles.